The molecule has 0 radical (unpaired) electrons. The Labute approximate surface area is 192 Å². The van der Waals surface area contributed by atoms with Gasteiger partial charge >= 0.3 is 0 Å². The maximum Gasteiger partial charge on any atom is 0.277 e. The molecule has 7 heteroatoms. The number of halogens is 1. The van der Waals surface area contributed by atoms with E-state index in [9.17, 15) is 4.79 Å². The molecule has 0 fully saturated rings. The molecule has 6 nitrogen and oxygen atoms in total. The van der Waals surface area contributed by atoms with E-state index in [2.05, 4.69) is 10.5 Å². The molecule has 1 N–H and O–H groups in total. The fourth-order valence-electron chi connectivity index (χ4n) is 2.73. The van der Waals surface area contributed by atoms with Gasteiger partial charge in [0, 0.05) is 5.02 Å². The Hall–Kier alpha value is -3.51. The number of aryl methyl sites for hydroxylation is 1. The minimum Gasteiger partial charge on any atom is -0.490 e. The van der Waals surface area contributed by atoms with Crippen LogP contribution in [0.1, 0.15) is 23.6 Å². The lowest BCUT2D eigenvalue weighted by Crippen LogP contribution is -2.24. The summed E-state index contributed by atoms with van der Waals surface area (Å²) in [5.74, 6) is 1.49. The van der Waals surface area contributed by atoms with E-state index >= 15 is 0 Å². The molecule has 3 rings (SSSR count). The first-order valence-electron chi connectivity index (χ1n) is 10.2. The molecule has 0 aliphatic rings. The Kier molecular flexibility index (Phi) is 8.52. The number of hydrazone groups is 1. The van der Waals surface area contributed by atoms with Crippen molar-refractivity contribution in [3.05, 3.63) is 88.4 Å². The van der Waals surface area contributed by atoms with Gasteiger partial charge in [-0.3, -0.25) is 4.79 Å². The van der Waals surface area contributed by atoms with E-state index in [-0.39, 0.29) is 12.5 Å². The lowest BCUT2D eigenvalue weighted by molar-refractivity contribution is -0.123. The molecule has 0 saturated carbocycles. The van der Waals surface area contributed by atoms with Gasteiger partial charge in [-0.05, 0) is 67.4 Å². The summed E-state index contributed by atoms with van der Waals surface area (Å²) in [6, 6.07) is 20.4. The van der Waals surface area contributed by atoms with Crippen molar-refractivity contribution in [3.63, 3.8) is 0 Å². The highest BCUT2D eigenvalue weighted by atomic mass is 35.5. The third-order valence-electron chi connectivity index (χ3n) is 4.37. The van der Waals surface area contributed by atoms with Crippen LogP contribution in [0.4, 0.5) is 0 Å². The van der Waals surface area contributed by atoms with Gasteiger partial charge in [-0.2, -0.15) is 5.10 Å². The van der Waals surface area contributed by atoms with Crippen LogP contribution in [-0.4, -0.2) is 25.3 Å². The van der Waals surface area contributed by atoms with Crippen LogP contribution in [0.25, 0.3) is 0 Å². The van der Waals surface area contributed by atoms with Crippen LogP contribution in [0.5, 0.6) is 17.2 Å². The van der Waals surface area contributed by atoms with E-state index in [1.54, 1.807) is 6.07 Å². The van der Waals surface area contributed by atoms with Gasteiger partial charge < -0.3 is 14.2 Å². The Morgan fingerprint density at radius 3 is 2.44 bits per heavy atom. The molecule has 0 saturated heterocycles. The summed E-state index contributed by atoms with van der Waals surface area (Å²) >= 11 is 5.92. The first kappa shape index (κ1) is 23.2. The molecule has 1 amide bonds. The molecule has 0 unspecified atom stereocenters. The second-order valence-electron chi connectivity index (χ2n) is 6.95. The summed E-state index contributed by atoms with van der Waals surface area (Å²) in [5.41, 5.74) is 5.33. The molecule has 3 aromatic rings. The standard InChI is InChI=1S/C25H25ClN2O4/c1-3-30-24-14-20(8-13-23(24)32-16-19-6-9-21(26)10-7-19)15-27-28-25(29)17-31-22-11-4-18(2)5-12-22/h4-15H,3,16-17H2,1-2H3,(H,28,29)/b27-15+. The van der Waals surface area contributed by atoms with Crippen LogP contribution >= 0.6 is 11.6 Å². The molecule has 3 aromatic carbocycles. The predicted octanol–water partition coefficient (Wildman–Crippen LogP) is 5.16. The van der Waals surface area contributed by atoms with Crippen LogP contribution in [-0.2, 0) is 11.4 Å². The van der Waals surface area contributed by atoms with Gasteiger partial charge in [-0.15, -0.1) is 0 Å². The molecule has 166 valence electrons. The molecule has 0 heterocycles. The maximum absolute atomic E-state index is 11.9. The molecule has 0 aliphatic heterocycles. The van der Waals surface area contributed by atoms with Gasteiger partial charge in [0.25, 0.3) is 5.91 Å². The lowest BCUT2D eigenvalue weighted by Gasteiger charge is -2.12. The highest BCUT2D eigenvalue weighted by molar-refractivity contribution is 6.30. The number of amides is 1. The summed E-state index contributed by atoms with van der Waals surface area (Å²) in [4.78, 5) is 11.9. The molecule has 0 aliphatic carbocycles. The van der Waals surface area contributed by atoms with Crippen molar-refractivity contribution in [2.75, 3.05) is 13.2 Å². The van der Waals surface area contributed by atoms with Crippen LogP contribution in [0, 0.1) is 6.92 Å². The van der Waals surface area contributed by atoms with Gasteiger partial charge in [0.15, 0.2) is 18.1 Å². The average Bonchev–Trinajstić information content (AvgIpc) is 2.79. The normalized spacial score (nSPS) is 10.7. The minimum absolute atomic E-state index is 0.123. The quantitative estimate of drug-likeness (QED) is 0.341. The number of hydrogen-bond acceptors (Lipinski definition) is 5. The Balaban J connectivity index is 1.54. The fourth-order valence-corrected chi connectivity index (χ4v) is 2.85. The van der Waals surface area contributed by atoms with Gasteiger partial charge in [-0.1, -0.05) is 41.4 Å². The minimum atomic E-state index is -0.352. The number of nitrogens with zero attached hydrogens (tertiary/aromatic N) is 1. The van der Waals surface area contributed by atoms with Crippen LogP contribution in [0.15, 0.2) is 71.8 Å². The van der Waals surface area contributed by atoms with Gasteiger partial charge in [-0.25, -0.2) is 5.43 Å². The van der Waals surface area contributed by atoms with Crippen molar-refractivity contribution in [1.29, 1.82) is 0 Å². The number of rotatable bonds is 10. The van der Waals surface area contributed by atoms with Gasteiger partial charge in [0.05, 0.1) is 12.8 Å². The van der Waals surface area contributed by atoms with Gasteiger partial charge in [0.1, 0.15) is 12.4 Å². The number of carbonyl (C=O) groups excluding carboxylic acids is 1. The molecule has 0 spiro atoms. The Bertz CT molecular complexity index is 1050. The summed E-state index contributed by atoms with van der Waals surface area (Å²) < 4.78 is 17.0. The van der Waals surface area contributed by atoms with E-state index in [0.717, 1.165) is 16.7 Å². The number of benzene rings is 3. The number of nitrogens with one attached hydrogen (secondary N) is 1. The number of hydrogen-bond donors (Lipinski definition) is 1. The smallest absolute Gasteiger partial charge is 0.277 e. The van der Waals surface area contributed by atoms with Crippen molar-refractivity contribution in [1.82, 2.24) is 5.43 Å². The second kappa shape index (κ2) is 11.8. The van der Waals surface area contributed by atoms with Crippen molar-refractivity contribution in [2.45, 2.75) is 20.5 Å². The highest BCUT2D eigenvalue weighted by Crippen LogP contribution is 2.29. The highest BCUT2D eigenvalue weighted by Gasteiger charge is 2.07. The SMILES string of the molecule is CCOc1cc(/C=N/NC(=O)COc2ccc(C)cc2)ccc1OCc1ccc(Cl)cc1. The summed E-state index contributed by atoms with van der Waals surface area (Å²) in [7, 11) is 0. The van der Waals surface area contributed by atoms with Crippen LogP contribution in [0.3, 0.4) is 0 Å². The average molecular weight is 453 g/mol. The third kappa shape index (κ3) is 7.32. The lowest BCUT2D eigenvalue weighted by atomic mass is 10.2. The van der Waals surface area contributed by atoms with Crippen molar-refractivity contribution >= 4 is 23.7 Å². The molecule has 0 bridgehead atoms. The molecular formula is C25H25ClN2O4. The maximum atomic E-state index is 11.9. The van der Waals surface area contributed by atoms with Crippen molar-refractivity contribution in [2.24, 2.45) is 5.10 Å². The van der Waals surface area contributed by atoms with E-state index in [0.29, 0.717) is 35.5 Å². The zero-order valence-electron chi connectivity index (χ0n) is 18.0. The molecular weight excluding hydrogens is 428 g/mol. The summed E-state index contributed by atoms with van der Waals surface area (Å²) in [6.07, 6.45) is 1.54. The summed E-state index contributed by atoms with van der Waals surface area (Å²) in [6.45, 7) is 4.65. The zero-order valence-corrected chi connectivity index (χ0v) is 18.8. The predicted molar refractivity (Wildman–Crippen MR) is 126 cm³/mol. The monoisotopic (exact) mass is 452 g/mol. The Morgan fingerprint density at radius 1 is 0.969 bits per heavy atom. The van der Waals surface area contributed by atoms with E-state index in [1.165, 1.54) is 6.21 Å². The Morgan fingerprint density at radius 2 is 1.72 bits per heavy atom. The van der Waals surface area contributed by atoms with E-state index in [1.807, 2.05) is 74.5 Å². The first-order valence-corrected chi connectivity index (χ1v) is 10.6. The first-order chi connectivity index (χ1) is 15.5. The van der Waals surface area contributed by atoms with Crippen molar-refractivity contribution < 1.29 is 19.0 Å². The van der Waals surface area contributed by atoms with E-state index in [4.69, 9.17) is 25.8 Å². The zero-order chi connectivity index (χ0) is 22.8. The number of carbonyl (C=O) groups is 1. The number of ether oxygens (including phenoxy) is 3. The molecule has 0 aromatic heterocycles. The third-order valence-corrected chi connectivity index (χ3v) is 4.62. The van der Waals surface area contributed by atoms with E-state index < -0.39 is 0 Å². The largest absolute Gasteiger partial charge is 0.490 e. The summed E-state index contributed by atoms with van der Waals surface area (Å²) in [5, 5.41) is 4.67. The fraction of sp³-hybridized carbons (Fsp3) is 0.200. The van der Waals surface area contributed by atoms with Crippen molar-refractivity contribution in [3.8, 4) is 17.2 Å². The molecule has 0 atom stereocenters. The van der Waals surface area contributed by atoms with Crippen LogP contribution in [0.2, 0.25) is 5.02 Å². The second-order valence-corrected chi connectivity index (χ2v) is 7.39. The van der Waals surface area contributed by atoms with Crippen LogP contribution < -0.4 is 19.6 Å². The molecule has 32 heavy (non-hydrogen) atoms. The van der Waals surface area contributed by atoms with Gasteiger partial charge in [0.2, 0.25) is 0 Å². The topological polar surface area (TPSA) is 69.2 Å².